The molecule has 0 radical (unpaired) electrons. The zero-order chi connectivity index (χ0) is 24.1. The van der Waals surface area contributed by atoms with Gasteiger partial charge in [-0.2, -0.15) is 0 Å². The van der Waals surface area contributed by atoms with Crippen molar-refractivity contribution >= 4 is 17.4 Å². The fourth-order valence-electron chi connectivity index (χ4n) is 6.66. The van der Waals surface area contributed by atoms with Crippen LogP contribution in [0.1, 0.15) is 79.4 Å². The fraction of sp³-hybridized carbons (Fsp3) is 0.500. The molecule has 1 fully saturated rings. The van der Waals surface area contributed by atoms with E-state index in [4.69, 9.17) is 0 Å². The Labute approximate surface area is 200 Å². The Morgan fingerprint density at radius 3 is 2.71 bits per heavy atom. The number of nitrogens with one attached hydrogen (secondary N) is 1. The first-order valence-electron chi connectivity index (χ1n) is 12.3. The van der Waals surface area contributed by atoms with Gasteiger partial charge in [-0.3, -0.25) is 9.59 Å². The van der Waals surface area contributed by atoms with Gasteiger partial charge in [0, 0.05) is 30.1 Å². The molecule has 0 saturated heterocycles. The number of aromatic nitrogens is 2. The molecule has 3 aliphatic rings. The Balaban J connectivity index is 1.33. The molecule has 3 aliphatic carbocycles. The van der Waals surface area contributed by atoms with Crippen LogP contribution in [0.3, 0.4) is 0 Å². The van der Waals surface area contributed by atoms with Crippen molar-refractivity contribution in [3.8, 4) is 0 Å². The molecule has 0 bridgehead atoms. The number of carbonyl (C=O) groups excluding carboxylic acids is 1. The number of hydrogen-bond donors (Lipinski definition) is 2. The average Bonchev–Trinajstić information content (AvgIpc) is 3.19. The van der Waals surface area contributed by atoms with E-state index in [1.807, 2.05) is 24.5 Å². The van der Waals surface area contributed by atoms with E-state index in [0.717, 1.165) is 37.7 Å². The van der Waals surface area contributed by atoms with Gasteiger partial charge in [0.1, 0.15) is 6.33 Å². The number of carboxylic acid groups (broad SMARTS) is 1. The van der Waals surface area contributed by atoms with Crippen LogP contribution >= 0.6 is 0 Å². The van der Waals surface area contributed by atoms with E-state index < -0.39 is 11.4 Å². The quantitative estimate of drug-likeness (QED) is 0.666. The van der Waals surface area contributed by atoms with Gasteiger partial charge in [0.05, 0.1) is 5.41 Å². The maximum atomic E-state index is 12.7. The second-order valence-corrected chi connectivity index (χ2v) is 11.1. The monoisotopic (exact) mass is 459 g/mol. The summed E-state index contributed by atoms with van der Waals surface area (Å²) >= 11 is 0. The second kappa shape index (κ2) is 8.33. The number of nitrogens with zero attached hydrogens (tertiary/aromatic N) is 2. The standard InChI is InChI=1S/C28H33N3O3/c1-27(2,26(33)34)15-31-25(32)18-5-6-20-17(12-18)4-7-22-21(20)10-11-28(3)23(8-9-24(22)28)19-13-29-16-30-14-19/h5-6,8,12-14,16,21-22,24H,4,7,9-11,15H2,1-3H3,(H,31,32)(H,33,34)/t21?,22?,24?,28-/m1/s1. The summed E-state index contributed by atoms with van der Waals surface area (Å²) in [7, 11) is 0. The van der Waals surface area contributed by atoms with Crippen LogP contribution in [-0.4, -0.2) is 33.5 Å². The molecule has 1 aromatic heterocycles. The first kappa shape index (κ1) is 22.8. The molecule has 1 aromatic carbocycles. The molecule has 178 valence electrons. The highest BCUT2D eigenvalue weighted by atomic mass is 16.4. The third-order valence-electron chi connectivity index (χ3n) is 8.71. The summed E-state index contributed by atoms with van der Waals surface area (Å²) < 4.78 is 0. The summed E-state index contributed by atoms with van der Waals surface area (Å²) in [6, 6.07) is 6.10. The van der Waals surface area contributed by atoms with Gasteiger partial charge >= 0.3 is 5.97 Å². The van der Waals surface area contributed by atoms with Crippen LogP contribution < -0.4 is 5.32 Å². The molecule has 5 rings (SSSR count). The second-order valence-electron chi connectivity index (χ2n) is 11.1. The normalized spacial score (nSPS) is 27.7. The number of aryl methyl sites for hydroxylation is 1. The minimum absolute atomic E-state index is 0.102. The van der Waals surface area contributed by atoms with Gasteiger partial charge in [0.15, 0.2) is 0 Å². The van der Waals surface area contributed by atoms with Crippen molar-refractivity contribution in [3.05, 3.63) is 65.2 Å². The maximum Gasteiger partial charge on any atom is 0.310 e. The number of amides is 1. The summed E-state index contributed by atoms with van der Waals surface area (Å²) in [6.45, 7) is 5.77. The predicted octanol–water partition coefficient (Wildman–Crippen LogP) is 4.87. The van der Waals surface area contributed by atoms with Crippen molar-refractivity contribution in [2.24, 2.45) is 22.7 Å². The Morgan fingerprint density at radius 1 is 1.21 bits per heavy atom. The van der Waals surface area contributed by atoms with Crippen LogP contribution in [0.2, 0.25) is 0 Å². The molecular formula is C28H33N3O3. The summed E-state index contributed by atoms with van der Waals surface area (Å²) in [5.41, 5.74) is 5.04. The number of aliphatic carboxylic acids is 1. The Morgan fingerprint density at radius 2 is 1.97 bits per heavy atom. The lowest BCUT2D eigenvalue weighted by molar-refractivity contribution is -0.146. The molecule has 1 amide bonds. The van der Waals surface area contributed by atoms with Crippen LogP contribution in [0.4, 0.5) is 0 Å². The van der Waals surface area contributed by atoms with Crippen molar-refractivity contribution < 1.29 is 14.7 Å². The molecule has 2 N–H and O–H groups in total. The van der Waals surface area contributed by atoms with Crippen molar-refractivity contribution in [2.75, 3.05) is 6.54 Å². The zero-order valence-electron chi connectivity index (χ0n) is 20.2. The summed E-state index contributed by atoms with van der Waals surface area (Å²) in [6.07, 6.45) is 13.4. The summed E-state index contributed by atoms with van der Waals surface area (Å²) in [4.78, 5) is 32.6. The van der Waals surface area contributed by atoms with E-state index in [9.17, 15) is 14.7 Å². The maximum absolute atomic E-state index is 12.7. The molecule has 6 heteroatoms. The number of fused-ring (bicyclic) bond motifs is 5. The minimum atomic E-state index is -0.994. The van der Waals surface area contributed by atoms with Gasteiger partial charge in [-0.05, 0) is 98.0 Å². The zero-order valence-corrected chi connectivity index (χ0v) is 20.2. The van der Waals surface area contributed by atoms with Crippen LogP contribution in [0.15, 0.2) is 43.0 Å². The topological polar surface area (TPSA) is 92.2 Å². The molecule has 0 aliphatic heterocycles. The molecule has 1 heterocycles. The molecule has 0 spiro atoms. The smallest absolute Gasteiger partial charge is 0.310 e. The van der Waals surface area contributed by atoms with E-state index >= 15 is 0 Å². The van der Waals surface area contributed by atoms with Crippen LogP contribution in [0.25, 0.3) is 5.57 Å². The van der Waals surface area contributed by atoms with E-state index in [0.29, 0.717) is 23.3 Å². The highest BCUT2D eigenvalue weighted by molar-refractivity contribution is 5.94. The Kier molecular flexibility index (Phi) is 5.58. The number of carboxylic acids is 1. The van der Waals surface area contributed by atoms with Gasteiger partial charge in [0.2, 0.25) is 0 Å². The van der Waals surface area contributed by atoms with Crippen LogP contribution in [-0.2, 0) is 11.2 Å². The highest BCUT2D eigenvalue weighted by Crippen LogP contribution is 2.63. The number of benzene rings is 1. The molecule has 3 unspecified atom stereocenters. The van der Waals surface area contributed by atoms with Crippen molar-refractivity contribution in [1.82, 2.24) is 15.3 Å². The molecule has 4 atom stereocenters. The van der Waals surface area contributed by atoms with E-state index in [2.05, 4.69) is 34.4 Å². The van der Waals surface area contributed by atoms with E-state index in [1.165, 1.54) is 16.7 Å². The van der Waals surface area contributed by atoms with Gasteiger partial charge in [-0.25, -0.2) is 9.97 Å². The number of carbonyl (C=O) groups is 2. The van der Waals surface area contributed by atoms with E-state index in [-0.39, 0.29) is 17.9 Å². The van der Waals surface area contributed by atoms with Crippen molar-refractivity contribution in [2.45, 2.75) is 58.8 Å². The summed E-state index contributed by atoms with van der Waals surface area (Å²) in [5.74, 6) is 0.671. The predicted molar refractivity (Wildman–Crippen MR) is 130 cm³/mol. The first-order valence-corrected chi connectivity index (χ1v) is 12.3. The van der Waals surface area contributed by atoms with Gasteiger partial charge in [-0.1, -0.05) is 19.1 Å². The minimum Gasteiger partial charge on any atom is -0.481 e. The molecule has 2 aromatic rings. The van der Waals surface area contributed by atoms with Crippen molar-refractivity contribution in [1.29, 1.82) is 0 Å². The van der Waals surface area contributed by atoms with Gasteiger partial charge < -0.3 is 10.4 Å². The lowest BCUT2D eigenvalue weighted by Gasteiger charge is -2.50. The average molecular weight is 460 g/mol. The molecular weight excluding hydrogens is 426 g/mol. The molecule has 1 saturated carbocycles. The van der Waals surface area contributed by atoms with Crippen molar-refractivity contribution in [3.63, 3.8) is 0 Å². The first-order chi connectivity index (χ1) is 16.2. The third-order valence-corrected chi connectivity index (χ3v) is 8.71. The van der Waals surface area contributed by atoms with Gasteiger partial charge in [0.25, 0.3) is 5.91 Å². The lowest BCUT2D eigenvalue weighted by Crippen LogP contribution is -2.41. The van der Waals surface area contributed by atoms with Crippen LogP contribution in [0, 0.1) is 22.7 Å². The number of allylic oxidation sites excluding steroid dienone is 2. The Hall–Kier alpha value is -3.02. The Bertz CT molecular complexity index is 1160. The number of hydrogen-bond acceptors (Lipinski definition) is 4. The number of rotatable bonds is 5. The highest BCUT2D eigenvalue weighted by Gasteiger charge is 2.52. The fourth-order valence-corrected chi connectivity index (χ4v) is 6.66. The molecule has 6 nitrogen and oxygen atoms in total. The van der Waals surface area contributed by atoms with Gasteiger partial charge in [-0.15, -0.1) is 0 Å². The molecule has 34 heavy (non-hydrogen) atoms. The summed E-state index contributed by atoms with van der Waals surface area (Å²) in [5, 5.41) is 12.1. The van der Waals surface area contributed by atoms with Crippen LogP contribution in [0.5, 0.6) is 0 Å². The largest absolute Gasteiger partial charge is 0.481 e. The SMILES string of the molecule is CC(C)(CNC(=O)c1ccc2c(c1)CCC1C2CC[C@]2(C)C(c3cncnc3)=CCC12)C(=O)O. The third kappa shape index (κ3) is 3.73. The van der Waals surface area contributed by atoms with E-state index in [1.54, 1.807) is 20.2 Å². The lowest BCUT2D eigenvalue weighted by atomic mass is 9.54.